The minimum absolute atomic E-state index is 0.0773. The fourth-order valence-corrected chi connectivity index (χ4v) is 3.74. The maximum Gasteiger partial charge on any atom is 0.303 e. The fourth-order valence-electron chi connectivity index (χ4n) is 3.74. The van der Waals surface area contributed by atoms with Crippen LogP contribution in [0.25, 0.3) is 11.1 Å². The van der Waals surface area contributed by atoms with Crippen LogP contribution in [0.1, 0.15) is 36.5 Å². The molecule has 0 aromatic heterocycles. The standard InChI is InChI=1S/C23H28O6/c1-4-28-14-15-12-19(26-2)22(20(13-15)27-3)17-9-7-16(8-10-21(24)25)23-18(17)6-5-11-29-23/h7,9,12-13H,4-6,8,10-11,14H2,1-3H3,(H,24,25). The molecule has 29 heavy (non-hydrogen) atoms. The largest absolute Gasteiger partial charge is 0.496 e. The Balaban J connectivity index is 2.11. The zero-order valence-electron chi connectivity index (χ0n) is 17.2. The molecule has 156 valence electrons. The Kier molecular flexibility index (Phi) is 6.99. The molecular formula is C23H28O6. The molecule has 0 unspecified atom stereocenters. The van der Waals surface area contributed by atoms with Crippen molar-refractivity contribution in [2.45, 2.75) is 39.2 Å². The number of aryl methyl sites for hydroxylation is 1. The molecule has 6 nitrogen and oxygen atoms in total. The van der Waals surface area contributed by atoms with Gasteiger partial charge in [0.1, 0.15) is 17.2 Å². The highest BCUT2D eigenvalue weighted by Crippen LogP contribution is 2.45. The summed E-state index contributed by atoms with van der Waals surface area (Å²) in [7, 11) is 3.29. The van der Waals surface area contributed by atoms with Gasteiger partial charge in [-0.3, -0.25) is 4.79 Å². The van der Waals surface area contributed by atoms with E-state index in [2.05, 4.69) is 0 Å². The highest BCUT2D eigenvalue weighted by molar-refractivity contribution is 5.82. The van der Waals surface area contributed by atoms with Crippen molar-refractivity contribution < 1.29 is 28.8 Å². The topological polar surface area (TPSA) is 74.2 Å². The summed E-state index contributed by atoms with van der Waals surface area (Å²) in [6.07, 6.45) is 2.29. The third-order valence-corrected chi connectivity index (χ3v) is 5.08. The molecule has 0 atom stereocenters. The number of methoxy groups -OCH3 is 2. The second-order valence-corrected chi connectivity index (χ2v) is 6.94. The van der Waals surface area contributed by atoms with Crippen molar-refractivity contribution in [2.24, 2.45) is 0 Å². The number of ether oxygens (including phenoxy) is 4. The molecule has 0 radical (unpaired) electrons. The van der Waals surface area contributed by atoms with Crippen LogP contribution in [0.4, 0.5) is 0 Å². The highest BCUT2D eigenvalue weighted by atomic mass is 16.5. The minimum atomic E-state index is -0.813. The van der Waals surface area contributed by atoms with Gasteiger partial charge in [-0.25, -0.2) is 0 Å². The van der Waals surface area contributed by atoms with E-state index in [0.717, 1.165) is 46.4 Å². The lowest BCUT2D eigenvalue weighted by Gasteiger charge is -2.25. The predicted molar refractivity (Wildman–Crippen MR) is 110 cm³/mol. The van der Waals surface area contributed by atoms with Gasteiger partial charge in [-0.2, -0.15) is 0 Å². The number of hydrogen-bond acceptors (Lipinski definition) is 5. The molecule has 0 amide bonds. The quantitative estimate of drug-likeness (QED) is 0.678. The third kappa shape index (κ3) is 4.65. The molecule has 1 heterocycles. The van der Waals surface area contributed by atoms with E-state index >= 15 is 0 Å². The first-order valence-corrected chi connectivity index (χ1v) is 9.91. The Hall–Kier alpha value is -2.73. The van der Waals surface area contributed by atoms with E-state index in [1.165, 1.54) is 0 Å². The van der Waals surface area contributed by atoms with E-state index in [1.54, 1.807) is 14.2 Å². The smallest absolute Gasteiger partial charge is 0.303 e. The molecule has 1 aliphatic heterocycles. The van der Waals surface area contributed by atoms with Gasteiger partial charge in [-0.05, 0) is 55.0 Å². The monoisotopic (exact) mass is 400 g/mol. The van der Waals surface area contributed by atoms with E-state index < -0.39 is 5.97 Å². The highest BCUT2D eigenvalue weighted by Gasteiger charge is 2.24. The van der Waals surface area contributed by atoms with E-state index in [1.807, 2.05) is 31.2 Å². The lowest BCUT2D eigenvalue weighted by atomic mass is 9.89. The van der Waals surface area contributed by atoms with E-state index in [-0.39, 0.29) is 6.42 Å². The van der Waals surface area contributed by atoms with Gasteiger partial charge >= 0.3 is 5.97 Å². The van der Waals surface area contributed by atoms with Crippen LogP contribution in [0, 0.1) is 0 Å². The maximum absolute atomic E-state index is 11.0. The maximum atomic E-state index is 11.0. The Labute approximate surface area is 171 Å². The van der Waals surface area contributed by atoms with Crippen LogP contribution in [-0.4, -0.2) is 38.5 Å². The summed E-state index contributed by atoms with van der Waals surface area (Å²) in [5, 5.41) is 9.05. The van der Waals surface area contributed by atoms with Gasteiger partial charge in [0, 0.05) is 18.6 Å². The van der Waals surface area contributed by atoms with Gasteiger partial charge in [-0.15, -0.1) is 0 Å². The Morgan fingerprint density at radius 1 is 1.17 bits per heavy atom. The van der Waals surface area contributed by atoms with Crippen LogP contribution >= 0.6 is 0 Å². The molecule has 0 saturated carbocycles. The van der Waals surface area contributed by atoms with Gasteiger partial charge < -0.3 is 24.1 Å². The second kappa shape index (κ2) is 9.65. The number of rotatable bonds is 9. The molecule has 0 bridgehead atoms. The van der Waals surface area contributed by atoms with Crippen LogP contribution in [0.3, 0.4) is 0 Å². The van der Waals surface area contributed by atoms with Gasteiger partial charge in [0.05, 0.1) is 33.0 Å². The number of fused-ring (bicyclic) bond motifs is 1. The number of hydrogen-bond donors (Lipinski definition) is 1. The number of carbonyl (C=O) groups is 1. The summed E-state index contributed by atoms with van der Waals surface area (Å²) in [5.74, 6) is 1.42. The summed E-state index contributed by atoms with van der Waals surface area (Å²) in [6, 6.07) is 7.92. The fraction of sp³-hybridized carbons (Fsp3) is 0.435. The molecule has 3 rings (SSSR count). The molecule has 0 spiro atoms. The van der Waals surface area contributed by atoms with Crippen molar-refractivity contribution in [1.82, 2.24) is 0 Å². The molecule has 0 aliphatic carbocycles. The summed E-state index contributed by atoms with van der Waals surface area (Å²) in [4.78, 5) is 11.0. The number of benzene rings is 2. The zero-order valence-corrected chi connectivity index (χ0v) is 17.2. The first kappa shape index (κ1) is 21.0. The van der Waals surface area contributed by atoms with Crippen molar-refractivity contribution in [1.29, 1.82) is 0 Å². The lowest BCUT2D eigenvalue weighted by Crippen LogP contribution is -2.13. The molecular weight excluding hydrogens is 372 g/mol. The lowest BCUT2D eigenvalue weighted by molar-refractivity contribution is -0.136. The van der Waals surface area contributed by atoms with Crippen LogP contribution in [0.2, 0.25) is 0 Å². The average molecular weight is 400 g/mol. The van der Waals surface area contributed by atoms with Crippen molar-refractivity contribution in [2.75, 3.05) is 27.4 Å². The van der Waals surface area contributed by atoms with Crippen LogP contribution in [0.5, 0.6) is 17.2 Å². The van der Waals surface area contributed by atoms with Crippen LogP contribution in [-0.2, 0) is 29.0 Å². The Bertz CT molecular complexity index is 849. The molecule has 0 fully saturated rings. The van der Waals surface area contributed by atoms with Crippen molar-refractivity contribution >= 4 is 5.97 Å². The normalized spacial score (nSPS) is 12.8. The summed E-state index contributed by atoms with van der Waals surface area (Å²) < 4.78 is 22.9. The average Bonchev–Trinajstić information content (AvgIpc) is 2.75. The van der Waals surface area contributed by atoms with Crippen molar-refractivity contribution in [3.63, 3.8) is 0 Å². The zero-order chi connectivity index (χ0) is 20.8. The van der Waals surface area contributed by atoms with Gasteiger partial charge in [-0.1, -0.05) is 12.1 Å². The molecule has 1 aliphatic rings. The van der Waals surface area contributed by atoms with Crippen LogP contribution < -0.4 is 14.2 Å². The molecule has 6 heteroatoms. The van der Waals surface area contributed by atoms with Crippen LogP contribution in [0.15, 0.2) is 24.3 Å². The predicted octanol–water partition coefficient (Wildman–Crippen LogP) is 4.25. The molecule has 2 aromatic rings. The summed E-state index contributed by atoms with van der Waals surface area (Å²) >= 11 is 0. The molecule has 1 N–H and O–H groups in total. The van der Waals surface area contributed by atoms with Crippen molar-refractivity contribution in [3.8, 4) is 28.4 Å². The van der Waals surface area contributed by atoms with Gasteiger partial charge in [0.25, 0.3) is 0 Å². The number of aliphatic carboxylic acids is 1. The first-order chi connectivity index (χ1) is 14.1. The minimum Gasteiger partial charge on any atom is -0.496 e. The third-order valence-electron chi connectivity index (χ3n) is 5.08. The van der Waals surface area contributed by atoms with E-state index in [9.17, 15) is 4.79 Å². The molecule has 0 saturated heterocycles. The van der Waals surface area contributed by atoms with Gasteiger partial charge in [0.15, 0.2) is 0 Å². The number of carboxylic acid groups (broad SMARTS) is 1. The van der Waals surface area contributed by atoms with E-state index in [4.69, 9.17) is 24.1 Å². The second-order valence-electron chi connectivity index (χ2n) is 6.94. The van der Waals surface area contributed by atoms with Gasteiger partial charge in [0.2, 0.25) is 0 Å². The molecule has 2 aromatic carbocycles. The SMILES string of the molecule is CCOCc1cc(OC)c(-c2ccc(CCC(=O)O)c3c2CCCO3)c(OC)c1. The summed E-state index contributed by atoms with van der Waals surface area (Å²) in [5.41, 5.74) is 4.86. The number of carboxylic acids is 1. The van der Waals surface area contributed by atoms with Crippen molar-refractivity contribution in [3.05, 3.63) is 41.0 Å². The van der Waals surface area contributed by atoms with E-state index in [0.29, 0.717) is 37.7 Å². The Morgan fingerprint density at radius 3 is 2.52 bits per heavy atom. The Morgan fingerprint density at radius 2 is 1.90 bits per heavy atom. The first-order valence-electron chi connectivity index (χ1n) is 9.91. The summed E-state index contributed by atoms with van der Waals surface area (Å²) in [6.45, 7) is 3.72.